The molecule has 2 N–H and O–H groups in total. The highest BCUT2D eigenvalue weighted by Gasteiger charge is 2.25. The van der Waals surface area contributed by atoms with Crippen LogP contribution < -0.4 is 10.2 Å². The van der Waals surface area contributed by atoms with Gasteiger partial charge in [-0.3, -0.25) is 0 Å². The van der Waals surface area contributed by atoms with Gasteiger partial charge in [-0.1, -0.05) is 28.9 Å². The lowest BCUT2D eigenvalue weighted by atomic mass is 9.90. The molecule has 21 heavy (non-hydrogen) atoms. The zero-order valence-electron chi connectivity index (χ0n) is 13.1. The third-order valence-electron chi connectivity index (χ3n) is 4.37. The summed E-state index contributed by atoms with van der Waals surface area (Å²) in [4.78, 5) is 2.46. The van der Waals surface area contributed by atoms with Crippen molar-refractivity contribution in [2.45, 2.75) is 51.6 Å². The predicted octanol–water partition coefficient (Wildman–Crippen LogP) is 3.86. The number of halogens is 1. The summed E-state index contributed by atoms with van der Waals surface area (Å²) in [6, 6.07) is 7.69. The predicted molar refractivity (Wildman–Crippen MR) is 92.9 cm³/mol. The normalized spacial score (nSPS) is 16.6. The minimum Gasteiger partial charge on any atom is -0.396 e. The Hall–Kier alpha value is -0.580. The molecule has 0 spiro atoms. The summed E-state index contributed by atoms with van der Waals surface area (Å²) < 4.78 is 1.17. The summed E-state index contributed by atoms with van der Waals surface area (Å²) in [5.74, 6) is 0. The van der Waals surface area contributed by atoms with E-state index in [0.29, 0.717) is 12.1 Å². The number of rotatable bonds is 8. The monoisotopic (exact) mass is 354 g/mol. The van der Waals surface area contributed by atoms with Crippen LogP contribution in [0.5, 0.6) is 0 Å². The zero-order chi connectivity index (χ0) is 15.2. The maximum absolute atomic E-state index is 9.12. The summed E-state index contributed by atoms with van der Waals surface area (Å²) in [5, 5.41) is 12.6. The van der Waals surface area contributed by atoms with Gasteiger partial charge in [-0.2, -0.15) is 0 Å². The molecule has 1 aliphatic carbocycles. The van der Waals surface area contributed by atoms with Gasteiger partial charge in [-0.15, -0.1) is 0 Å². The number of aliphatic hydroxyl groups is 1. The van der Waals surface area contributed by atoms with Crippen LogP contribution in [0.4, 0.5) is 5.69 Å². The van der Waals surface area contributed by atoms with Gasteiger partial charge in [0.25, 0.3) is 0 Å². The lowest BCUT2D eigenvalue weighted by Crippen LogP contribution is -2.41. The molecule has 1 aliphatic rings. The fourth-order valence-electron chi connectivity index (χ4n) is 2.92. The highest BCUT2D eigenvalue weighted by atomic mass is 79.9. The van der Waals surface area contributed by atoms with Crippen LogP contribution in [0, 0.1) is 0 Å². The Bertz CT molecular complexity index is 448. The second-order valence-corrected chi connectivity index (χ2v) is 6.69. The van der Waals surface area contributed by atoms with Gasteiger partial charge in [-0.25, -0.2) is 0 Å². The SMILES string of the molecule is CCNC(C)c1ccc(N(CCCO)C2CCC2)cc1Br. The molecule has 0 aromatic heterocycles. The molecule has 0 radical (unpaired) electrons. The maximum atomic E-state index is 9.12. The topological polar surface area (TPSA) is 35.5 Å². The first-order valence-electron chi connectivity index (χ1n) is 8.07. The summed E-state index contributed by atoms with van der Waals surface area (Å²) in [6.45, 7) is 6.50. The van der Waals surface area contributed by atoms with E-state index in [-0.39, 0.29) is 6.61 Å². The molecule has 1 atom stereocenters. The number of nitrogens with zero attached hydrogens (tertiary/aromatic N) is 1. The Morgan fingerprint density at radius 1 is 1.43 bits per heavy atom. The van der Waals surface area contributed by atoms with Crippen molar-refractivity contribution >= 4 is 21.6 Å². The van der Waals surface area contributed by atoms with Crippen LogP contribution in [-0.4, -0.2) is 30.8 Å². The third-order valence-corrected chi connectivity index (χ3v) is 5.05. The van der Waals surface area contributed by atoms with E-state index in [2.05, 4.69) is 58.2 Å². The van der Waals surface area contributed by atoms with Crippen molar-refractivity contribution in [3.8, 4) is 0 Å². The molecule has 1 fully saturated rings. The molecule has 1 saturated carbocycles. The van der Waals surface area contributed by atoms with Crippen LogP contribution in [0.1, 0.15) is 51.1 Å². The standard InChI is InChI=1S/C17H27BrN2O/c1-3-19-13(2)16-9-8-15(12-17(16)18)20(10-5-11-21)14-6-4-7-14/h8-9,12-14,19,21H,3-7,10-11H2,1-2H3. The molecule has 0 heterocycles. The number of aliphatic hydroxyl groups excluding tert-OH is 1. The fourth-order valence-corrected chi connectivity index (χ4v) is 3.63. The molecule has 0 bridgehead atoms. The van der Waals surface area contributed by atoms with E-state index in [9.17, 15) is 0 Å². The van der Waals surface area contributed by atoms with Crippen LogP contribution in [0.2, 0.25) is 0 Å². The molecular weight excluding hydrogens is 328 g/mol. The van der Waals surface area contributed by atoms with E-state index in [4.69, 9.17) is 5.11 Å². The van der Waals surface area contributed by atoms with Crippen LogP contribution >= 0.6 is 15.9 Å². The minimum absolute atomic E-state index is 0.264. The number of benzene rings is 1. The van der Waals surface area contributed by atoms with Gasteiger partial charge in [0.2, 0.25) is 0 Å². The summed E-state index contributed by atoms with van der Waals surface area (Å²) in [5.41, 5.74) is 2.57. The second kappa shape index (κ2) is 8.16. The average Bonchev–Trinajstić information content (AvgIpc) is 2.41. The van der Waals surface area contributed by atoms with E-state index in [0.717, 1.165) is 19.5 Å². The van der Waals surface area contributed by atoms with Crippen molar-refractivity contribution in [3.05, 3.63) is 28.2 Å². The Labute approximate surface area is 136 Å². The largest absolute Gasteiger partial charge is 0.396 e. The Balaban J connectivity index is 2.15. The molecular formula is C17H27BrN2O. The van der Waals surface area contributed by atoms with E-state index in [1.807, 2.05) is 0 Å². The van der Waals surface area contributed by atoms with Crippen LogP contribution in [0.3, 0.4) is 0 Å². The van der Waals surface area contributed by atoms with Crippen molar-refractivity contribution < 1.29 is 5.11 Å². The Morgan fingerprint density at radius 2 is 2.19 bits per heavy atom. The minimum atomic E-state index is 0.264. The van der Waals surface area contributed by atoms with Crippen molar-refractivity contribution in [1.82, 2.24) is 5.32 Å². The molecule has 4 heteroatoms. The molecule has 0 amide bonds. The molecule has 1 aromatic rings. The lowest BCUT2D eigenvalue weighted by molar-refractivity contribution is 0.283. The van der Waals surface area contributed by atoms with Gasteiger partial charge in [0.1, 0.15) is 0 Å². The number of anilines is 1. The Morgan fingerprint density at radius 3 is 2.71 bits per heavy atom. The molecule has 118 valence electrons. The molecule has 2 rings (SSSR count). The van der Waals surface area contributed by atoms with Crippen molar-refractivity contribution in [3.63, 3.8) is 0 Å². The van der Waals surface area contributed by atoms with Crippen molar-refractivity contribution in [2.24, 2.45) is 0 Å². The smallest absolute Gasteiger partial charge is 0.0447 e. The van der Waals surface area contributed by atoms with Gasteiger partial charge in [0, 0.05) is 35.4 Å². The highest BCUT2D eigenvalue weighted by molar-refractivity contribution is 9.10. The van der Waals surface area contributed by atoms with E-state index in [1.165, 1.54) is 35.0 Å². The van der Waals surface area contributed by atoms with E-state index < -0.39 is 0 Å². The molecule has 3 nitrogen and oxygen atoms in total. The van der Waals surface area contributed by atoms with Gasteiger partial charge < -0.3 is 15.3 Å². The van der Waals surface area contributed by atoms with Crippen LogP contribution in [-0.2, 0) is 0 Å². The lowest BCUT2D eigenvalue weighted by Gasteiger charge is -2.39. The first-order chi connectivity index (χ1) is 10.2. The van der Waals surface area contributed by atoms with E-state index in [1.54, 1.807) is 0 Å². The maximum Gasteiger partial charge on any atom is 0.0447 e. The second-order valence-electron chi connectivity index (χ2n) is 5.84. The van der Waals surface area contributed by atoms with Crippen LogP contribution in [0.25, 0.3) is 0 Å². The summed E-state index contributed by atoms with van der Waals surface area (Å²) in [7, 11) is 0. The first-order valence-corrected chi connectivity index (χ1v) is 8.87. The van der Waals surface area contributed by atoms with E-state index >= 15 is 0 Å². The van der Waals surface area contributed by atoms with Gasteiger partial charge in [0.05, 0.1) is 0 Å². The number of hydrogen-bond donors (Lipinski definition) is 2. The van der Waals surface area contributed by atoms with Crippen molar-refractivity contribution in [1.29, 1.82) is 0 Å². The highest BCUT2D eigenvalue weighted by Crippen LogP contribution is 2.33. The average molecular weight is 355 g/mol. The summed E-state index contributed by atoms with van der Waals surface area (Å²) in [6.07, 6.45) is 4.72. The fraction of sp³-hybridized carbons (Fsp3) is 0.647. The summed E-state index contributed by atoms with van der Waals surface area (Å²) >= 11 is 3.73. The number of hydrogen-bond acceptors (Lipinski definition) is 3. The van der Waals surface area contributed by atoms with Gasteiger partial charge in [-0.05, 0) is 56.8 Å². The van der Waals surface area contributed by atoms with Gasteiger partial charge in [0.15, 0.2) is 0 Å². The first kappa shape index (κ1) is 16.8. The third kappa shape index (κ3) is 4.21. The Kier molecular flexibility index (Phi) is 6.52. The molecule has 0 saturated heterocycles. The van der Waals surface area contributed by atoms with Crippen LogP contribution in [0.15, 0.2) is 22.7 Å². The number of nitrogens with one attached hydrogen (secondary N) is 1. The quantitative estimate of drug-likeness (QED) is 0.743. The van der Waals surface area contributed by atoms with Crippen molar-refractivity contribution in [2.75, 3.05) is 24.6 Å². The molecule has 1 aromatic carbocycles. The van der Waals surface area contributed by atoms with Gasteiger partial charge >= 0.3 is 0 Å². The molecule has 1 unspecified atom stereocenters. The molecule has 0 aliphatic heterocycles. The zero-order valence-corrected chi connectivity index (χ0v) is 14.7.